The molecule has 1 aromatic heterocycles. The summed E-state index contributed by atoms with van der Waals surface area (Å²) in [6.07, 6.45) is 4.49. The van der Waals surface area contributed by atoms with Crippen molar-refractivity contribution in [3.8, 4) is 0 Å². The number of rotatable bonds is 5. The number of nitrogens with zero attached hydrogens (tertiary/aromatic N) is 2. The largest absolute Gasteiger partial charge is 0.319 e. The van der Waals surface area contributed by atoms with Gasteiger partial charge in [0.05, 0.1) is 11.7 Å². The van der Waals surface area contributed by atoms with Crippen molar-refractivity contribution in [3.05, 3.63) is 29.6 Å². The summed E-state index contributed by atoms with van der Waals surface area (Å²) in [6, 6.07) is 4.88. The van der Waals surface area contributed by atoms with E-state index in [4.69, 9.17) is 0 Å². The van der Waals surface area contributed by atoms with Crippen molar-refractivity contribution in [2.75, 3.05) is 26.7 Å². The molecule has 0 bridgehead atoms. The maximum atomic E-state index is 4.66. The van der Waals surface area contributed by atoms with Crippen LogP contribution in [-0.4, -0.2) is 36.6 Å². The molecule has 0 aromatic carbocycles. The molecule has 100 valence electrons. The fourth-order valence-electron chi connectivity index (χ4n) is 3.02. The van der Waals surface area contributed by atoms with Crippen LogP contribution in [0.2, 0.25) is 0 Å². The molecule has 2 rings (SSSR count). The van der Waals surface area contributed by atoms with Gasteiger partial charge in [-0.25, -0.2) is 0 Å². The standard InChI is InChI=1S/C15H25N3/c1-4-8-18-9-7-13(11-16-3)15(18)14-6-5-12(2)10-17-14/h5-6,10,13,15-16H,4,7-9,11H2,1-3H3. The van der Waals surface area contributed by atoms with E-state index in [1.165, 1.54) is 37.2 Å². The highest BCUT2D eigenvalue weighted by molar-refractivity contribution is 5.17. The Morgan fingerprint density at radius 1 is 1.44 bits per heavy atom. The lowest BCUT2D eigenvalue weighted by Crippen LogP contribution is -2.30. The molecule has 2 atom stereocenters. The number of likely N-dealkylation sites (tertiary alicyclic amines) is 1. The molecular formula is C15H25N3. The number of hydrogen-bond donors (Lipinski definition) is 1. The van der Waals surface area contributed by atoms with E-state index in [0.29, 0.717) is 12.0 Å². The Morgan fingerprint density at radius 2 is 2.28 bits per heavy atom. The van der Waals surface area contributed by atoms with Gasteiger partial charge < -0.3 is 5.32 Å². The highest BCUT2D eigenvalue weighted by Crippen LogP contribution is 2.35. The molecule has 2 unspecified atom stereocenters. The minimum Gasteiger partial charge on any atom is -0.319 e. The number of nitrogens with one attached hydrogen (secondary N) is 1. The fraction of sp³-hybridized carbons (Fsp3) is 0.667. The van der Waals surface area contributed by atoms with Crippen molar-refractivity contribution in [1.82, 2.24) is 15.2 Å². The van der Waals surface area contributed by atoms with Gasteiger partial charge in [-0.3, -0.25) is 9.88 Å². The van der Waals surface area contributed by atoms with Crippen LogP contribution in [0.4, 0.5) is 0 Å². The maximum absolute atomic E-state index is 4.66. The van der Waals surface area contributed by atoms with Crippen LogP contribution in [0.1, 0.15) is 37.1 Å². The van der Waals surface area contributed by atoms with Gasteiger partial charge in [-0.1, -0.05) is 13.0 Å². The quantitative estimate of drug-likeness (QED) is 0.866. The van der Waals surface area contributed by atoms with Crippen molar-refractivity contribution >= 4 is 0 Å². The van der Waals surface area contributed by atoms with Crippen LogP contribution in [0.3, 0.4) is 0 Å². The third-order valence-electron chi connectivity index (χ3n) is 3.84. The van der Waals surface area contributed by atoms with Gasteiger partial charge in [0.2, 0.25) is 0 Å². The molecule has 0 amide bonds. The van der Waals surface area contributed by atoms with E-state index in [-0.39, 0.29) is 0 Å². The molecule has 3 heteroatoms. The number of aryl methyl sites for hydroxylation is 1. The monoisotopic (exact) mass is 247 g/mol. The Balaban J connectivity index is 2.19. The molecule has 3 nitrogen and oxygen atoms in total. The van der Waals surface area contributed by atoms with Gasteiger partial charge in [0, 0.05) is 6.20 Å². The lowest BCUT2D eigenvalue weighted by atomic mass is 9.96. The van der Waals surface area contributed by atoms with Crippen molar-refractivity contribution in [3.63, 3.8) is 0 Å². The summed E-state index contributed by atoms with van der Waals surface area (Å²) in [6.45, 7) is 7.83. The molecule has 1 saturated heterocycles. The Kier molecular flexibility index (Phi) is 4.72. The lowest BCUT2D eigenvalue weighted by Gasteiger charge is -2.27. The summed E-state index contributed by atoms with van der Waals surface area (Å²) in [7, 11) is 2.04. The van der Waals surface area contributed by atoms with Crippen molar-refractivity contribution in [2.24, 2.45) is 5.92 Å². The SMILES string of the molecule is CCCN1CCC(CNC)C1c1ccc(C)cn1. The third kappa shape index (κ3) is 2.90. The van der Waals surface area contributed by atoms with Crippen LogP contribution in [0.15, 0.2) is 18.3 Å². The summed E-state index contributed by atoms with van der Waals surface area (Å²) in [5, 5.41) is 3.33. The first-order chi connectivity index (χ1) is 8.76. The van der Waals surface area contributed by atoms with Crippen LogP contribution >= 0.6 is 0 Å². The van der Waals surface area contributed by atoms with Crippen LogP contribution in [0.5, 0.6) is 0 Å². The molecule has 0 aliphatic carbocycles. The molecule has 0 radical (unpaired) electrons. The zero-order valence-electron chi connectivity index (χ0n) is 11.8. The topological polar surface area (TPSA) is 28.2 Å². The average Bonchev–Trinajstić information content (AvgIpc) is 2.75. The molecule has 2 heterocycles. The second-order valence-corrected chi connectivity index (χ2v) is 5.35. The number of hydrogen-bond acceptors (Lipinski definition) is 3. The van der Waals surface area contributed by atoms with Crippen LogP contribution in [0, 0.1) is 12.8 Å². The Hall–Kier alpha value is -0.930. The minimum absolute atomic E-state index is 0.498. The smallest absolute Gasteiger partial charge is 0.0578 e. The zero-order valence-corrected chi connectivity index (χ0v) is 11.8. The summed E-state index contributed by atoms with van der Waals surface area (Å²) in [4.78, 5) is 7.25. The molecule has 0 spiro atoms. The van der Waals surface area contributed by atoms with E-state index in [1.807, 2.05) is 13.2 Å². The van der Waals surface area contributed by atoms with E-state index in [9.17, 15) is 0 Å². The predicted molar refractivity (Wildman–Crippen MR) is 75.6 cm³/mol. The van der Waals surface area contributed by atoms with E-state index in [2.05, 4.69) is 41.2 Å². The molecule has 1 aliphatic rings. The second-order valence-electron chi connectivity index (χ2n) is 5.35. The van der Waals surface area contributed by atoms with Gasteiger partial charge >= 0.3 is 0 Å². The summed E-state index contributed by atoms with van der Waals surface area (Å²) >= 11 is 0. The van der Waals surface area contributed by atoms with Crippen LogP contribution in [-0.2, 0) is 0 Å². The van der Waals surface area contributed by atoms with E-state index in [0.717, 1.165) is 6.54 Å². The van der Waals surface area contributed by atoms with Crippen LogP contribution < -0.4 is 5.32 Å². The Labute approximate surface area is 111 Å². The van der Waals surface area contributed by atoms with Crippen molar-refractivity contribution in [1.29, 1.82) is 0 Å². The highest BCUT2D eigenvalue weighted by Gasteiger charge is 2.34. The lowest BCUT2D eigenvalue weighted by molar-refractivity contribution is 0.223. The highest BCUT2D eigenvalue weighted by atomic mass is 15.2. The maximum Gasteiger partial charge on any atom is 0.0578 e. The number of pyridine rings is 1. The van der Waals surface area contributed by atoms with E-state index < -0.39 is 0 Å². The van der Waals surface area contributed by atoms with Gasteiger partial charge in [-0.15, -0.1) is 0 Å². The Bertz CT molecular complexity index is 347. The summed E-state index contributed by atoms with van der Waals surface area (Å²) in [5.74, 6) is 0.691. The molecular weight excluding hydrogens is 222 g/mol. The van der Waals surface area contributed by atoms with Crippen molar-refractivity contribution in [2.45, 2.75) is 32.7 Å². The first-order valence-electron chi connectivity index (χ1n) is 7.07. The van der Waals surface area contributed by atoms with Crippen molar-refractivity contribution < 1.29 is 0 Å². The van der Waals surface area contributed by atoms with Gasteiger partial charge in [0.25, 0.3) is 0 Å². The predicted octanol–water partition coefficient (Wildman–Crippen LogP) is 2.38. The normalized spacial score (nSPS) is 24.6. The molecule has 1 aliphatic heterocycles. The number of aromatic nitrogens is 1. The molecule has 1 fully saturated rings. The molecule has 1 N–H and O–H groups in total. The second kappa shape index (κ2) is 6.30. The van der Waals surface area contributed by atoms with Gasteiger partial charge in [0.1, 0.15) is 0 Å². The first kappa shape index (κ1) is 13.5. The van der Waals surface area contributed by atoms with Gasteiger partial charge in [-0.2, -0.15) is 0 Å². The molecule has 1 aromatic rings. The van der Waals surface area contributed by atoms with Gasteiger partial charge in [-0.05, 0) is 64.0 Å². The minimum atomic E-state index is 0.498. The van der Waals surface area contributed by atoms with Gasteiger partial charge in [0.15, 0.2) is 0 Å². The van der Waals surface area contributed by atoms with Crippen LogP contribution in [0.25, 0.3) is 0 Å². The first-order valence-corrected chi connectivity index (χ1v) is 7.07. The van der Waals surface area contributed by atoms with E-state index >= 15 is 0 Å². The fourth-order valence-corrected chi connectivity index (χ4v) is 3.02. The van der Waals surface area contributed by atoms with E-state index in [1.54, 1.807) is 0 Å². The Morgan fingerprint density at radius 3 is 2.89 bits per heavy atom. The summed E-state index contributed by atoms with van der Waals surface area (Å²) < 4.78 is 0. The third-order valence-corrected chi connectivity index (χ3v) is 3.84. The molecule has 0 saturated carbocycles. The zero-order chi connectivity index (χ0) is 13.0. The molecule has 18 heavy (non-hydrogen) atoms. The summed E-state index contributed by atoms with van der Waals surface area (Å²) in [5.41, 5.74) is 2.48. The average molecular weight is 247 g/mol.